The second kappa shape index (κ2) is 7.27. The Morgan fingerprint density at radius 1 is 1.16 bits per heavy atom. The number of para-hydroxylation sites is 1. The fraction of sp³-hybridized carbons (Fsp3) is 0.261. The number of rotatable bonds is 3. The van der Waals surface area contributed by atoms with Crippen molar-refractivity contribution in [2.45, 2.75) is 32.7 Å². The molecule has 0 spiro atoms. The number of nitrogens with one attached hydrogen (secondary N) is 1. The van der Waals surface area contributed by atoms with Gasteiger partial charge in [0, 0.05) is 34.3 Å². The highest BCUT2D eigenvalue weighted by molar-refractivity contribution is 6.30. The van der Waals surface area contributed by atoms with Gasteiger partial charge >= 0.3 is 0 Å². The summed E-state index contributed by atoms with van der Waals surface area (Å²) in [4.78, 5) is 29.3. The summed E-state index contributed by atoms with van der Waals surface area (Å²) in [7, 11) is 0. The van der Waals surface area contributed by atoms with Gasteiger partial charge in [0.1, 0.15) is 6.04 Å². The number of nitrogens with zero attached hydrogens (tertiary/aromatic N) is 4. The first kappa shape index (κ1) is 20.4. The molecule has 9 heteroatoms. The molecule has 5 rings (SSSR count). The number of fused-ring (bicyclic) bond motifs is 1. The smallest absolute Gasteiger partial charge is 0.275 e. The third-order valence-corrected chi connectivity index (χ3v) is 6.11. The summed E-state index contributed by atoms with van der Waals surface area (Å²) in [5.74, 6) is 0.850. The highest BCUT2D eigenvalue weighted by atomic mass is 35.5. The summed E-state index contributed by atoms with van der Waals surface area (Å²) >= 11 is 6.01. The van der Waals surface area contributed by atoms with Crippen molar-refractivity contribution in [1.29, 1.82) is 0 Å². The van der Waals surface area contributed by atoms with Crippen LogP contribution >= 0.6 is 11.6 Å². The van der Waals surface area contributed by atoms with Gasteiger partial charge in [0.25, 0.3) is 5.69 Å². The predicted octanol–water partition coefficient (Wildman–Crippen LogP) is 5.16. The maximum Gasteiger partial charge on any atom is 0.275 e. The third kappa shape index (κ3) is 3.36. The SMILES string of the molecule is CC1(C)CC(=O)C2=C(C1)Nc1nc(-c3ccc(Cl)cc3)nn1C2c1ccccc1[N+](=O)[O-]. The molecule has 2 aromatic carbocycles. The summed E-state index contributed by atoms with van der Waals surface area (Å²) in [6.07, 6.45) is 0.993. The minimum Gasteiger partial charge on any atom is -0.328 e. The van der Waals surface area contributed by atoms with E-state index in [9.17, 15) is 14.9 Å². The molecule has 1 unspecified atom stereocenters. The van der Waals surface area contributed by atoms with Crippen LogP contribution in [0.25, 0.3) is 11.4 Å². The van der Waals surface area contributed by atoms with Gasteiger partial charge < -0.3 is 5.32 Å². The monoisotopic (exact) mass is 449 g/mol. The highest BCUT2D eigenvalue weighted by Gasteiger charge is 2.43. The number of hydrogen-bond donors (Lipinski definition) is 1. The van der Waals surface area contributed by atoms with E-state index in [1.165, 1.54) is 6.07 Å². The molecular weight excluding hydrogens is 430 g/mol. The maximum absolute atomic E-state index is 13.3. The molecule has 1 aliphatic heterocycles. The number of hydrogen-bond acceptors (Lipinski definition) is 6. The number of Topliss-reactive ketones (excluding diaryl/α,β-unsaturated/α-hetero) is 1. The molecule has 162 valence electrons. The summed E-state index contributed by atoms with van der Waals surface area (Å²) in [6.45, 7) is 4.07. The largest absolute Gasteiger partial charge is 0.328 e. The number of halogens is 1. The maximum atomic E-state index is 13.3. The molecular formula is C23H20ClN5O3. The van der Waals surface area contributed by atoms with E-state index < -0.39 is 11.0 Å². The Balaban J connectivity index is 1.72. The van der Waals surface area contributed by atoms with Gasteiger partial charge in [-0.3, -0.25) is 14.9 Å². The van der Waals surface area contributed by atoms with Crippen LogP contribution < -0.4 is 5.32 Å². The fourth-order valence-electron chi connectivity index (χ4n) is 4.50. The molecule has 0 fully saturated rings. The van der Waals surface area contributed by atoms with Crippen molar-refractivity contribution in [2.24, 2.45) is 5.41 Å². The van der Waals surface area contributed by atoms with E-state index in [2.05, 4.69) is 15.4 Å². The van der Waals surface area contributed by atoms with Crippen molar-refractivity contribution < 1.29 is 9.72 Å². The first-order chi connectivity index (χ1) is 15.2. The fourth-order valence-corrected chi connectivity index (χ4v) is 4.63. The van der Waals surface area contributed by atoms with Crippen LogP contribution in [-0.4, -0.2) is 25.5 Å². The van der Waals surface area contributed by atoms with Gasteiger partial charge in [0.05, 0.1) is 10.5 Å². The Kier molecular flexibility index (Phi) is 4.63. The summed E-state index contributed by atoms with van der Waals surface area (Å²) in [5, 5.41) is 20.4. The second-order valence-electron chi connectivity index (χ2n) is 8.89. The van der Waals surface area contributed by atoms with Crippen molar-refractivity contribution in [1.82, 2.24) is 14.8 Å². The zero-order valence-corrected chi connectivity index (χ0v) is 18.3. The van der Waals surface area contributed by atoms with Crippen molar-refractivity contribution in [3.05, 3.63) is 80.5 Å². The lowest BCUT2D eigenvalue weighted by molar-refractivity contribution is -0.385. The van der Waals surface area contributed by atoms with E-state index in [4.69, 9.17) is 11.6 Å². The normalized spacial score (nSPS) is 19.2. The van der Waals surface area contributed by atoms with Crippen LogP contribution in [0.4, 0.5) is 11.6 Å². The van der Waals surface area contributed by atoms with Crippen LogP contribution in [0.3, 0.4) is 0 Å². The zero-order valence-electron chi connectivity index (χ0n) is 17.5. The number of nitro groups is 1. The van der Waals surface area contributed by atoms with Crippen LogP contribution in [0, 0.1) is 15.5 Å². The standard InChI is InChI=1S/C23H20ClN5O3/c1-23(2)11-16-19(18(30)12-23)20(15-5-3-4-6-17(15)29(31)32)28-22(25-16)26-21(27-28)13-7-9-14(24)10-8-13/h3-10,20H,11-12H2,1-2H3,(H,25,26,27). The zero-order chi connectivity index (χ0) is 22.6. The van der Waals surface area contributed by atoms with Crippen LogP contribution in [0.1, 0.15) is 38.3 Å². The van der Waals surface area contributed by atoms with Crippen LogP contribution in [0.5, 0.6) is 0 Å². The number of ketones is 1. The predicted molar refractivity (Wildman–Crippen MR) is 120 cm³/mol. The molecule has 1 aromatic heterocycles. The topological polar surface area (TPSA) is 103 Å². The minimum absolute atomic E-state index is 0.0407. The third-order valence-electron chi connectivity index (χ3n) is 5.86. The van der Waals surface area contributed by atoms with Gasteiger partial charge in [-0.15, -0.1) is 5.10 Å². The van der Waals surface area contributed by atoms with Crippen LogP contribution in [-0.2, 0) is 4.79 Å². The molecule has 1 N–H and O–H groups in total. The van der Waals surface area contributed by atoms with Crippen molar-refractivity contribution >= 4 is 29.0 Å². The number of benzene rings is 2. The number of allylic oxidation sites excluding steroid dienone is 2. The lowest BCUT2D eigenvalue weighted by Crippen LogP contribution is -2.36. The molecule has 0 saturated carbocycles. The molecule has 0 amide bonds. The summed E-state index contributed by atoms with van der Waals surface area (Å²) in [6, 6.07) is 12.9. The summed E-state index contributed by atoms with van der Waals surface area (Å²) in [5.41, 5.74) is 2.14. The van der Waals surface area contributed by atoms with Gasteiger partial charge in [-0.05, 0) is 42.2 Å². The average molecular weight is 450 g/mol. The van der Waals surface area contributed by atoms with E-state index in [0.717, 1.165) is 11.3 Å². The Morgan fingerprint density at radius 2 is 1.88 bits per heavy atom. The Hall–Kier alpha value is -3.52. The lowest BCUT2D eigenvalue weighted by Gasteiger charge is -2.38. The molecule has 0 saturated heterocycles. The Labute approximate surface area is 189 Å². The quantitative estimate of drug-likeness (QED) is 0.437. The number of aromatic nitrogens is 3. The van der Waals surface area contributed by atoms with Crippen molar-refractivity contribution in [2.75, 3.05) is 5.32 Å². The molecule has 2 aliphatic rings. The van der Waals surface area contributed by atoms with Gasteiger partial charge in [-0.25, -0.2) is 4.68 Å². The van der Waals surface area contributed by atoms with E-state index in [1.54, 1.807) is 35.0 Å². The van der Waals surface area contributed by atoms with Gasteiger partial charge in [-0.2, -0.15) is 4.98 Å². The van der Waals surface area contributed by atoms with Gasteiger partial charge in [-0.1, -0.05) is 37.6 Å². The molecule has 0 radical (unpaired) electrons. The lowest BCUT2D eigenvalue weighted by atomic mass is 9.73. The van der Waals surface area contributed by atoms with Crippen LogP contribution in [0.15, 0.2) is 59.8 Å². The van der Waals surface area contributed by atoms with Gasteiger partial charge in [0.15, 0.2) is 11.6 Å². The highest BCUT2D eigenvalue weighted by Crippen LogP contribution is 2.47. The molecule has 0 bridgehead atoms. The average Bonchev–Trinajstić information content (AvgIpc) is 3.15. The Morgan fingerprint density at radius 3 is 2.59 bits per heavy atom. The van der Waals surface area contributed by atoms with E-state index >= 15 is 0 Å². The first-order valence-corrected chi connectivity index (χ1v) is 10.6. The van der Waals surface area contributed by atoms with Crippen molar-refractivity contribution in [3.8, 4) is 11.4 Å². The molecule has 3 aromatic rings. The van der Waals surface area contributed by atoms with Gasteiger partial charge in [0.2, 0.25) is 5.95 Å². The summed E-state index contributed by atoms with van der Waals surface area (Å²) < 4.78 is 1.58. The molecule has 2 heterocycles. The number of carbonyl (C=O) groups excluding carboxylic acids is 1. The Bertz CT molecular complexity index is 1290. The number of carbonyl (C=O) groups is 1. The van der Waals surface area contributed by atoms with E-state index in [-0.39, 0.29) is 16.9 Å². The number of anilines is 1. The van der Waals surface area contributed by atoms with E-state index in [1.807, 2.05) is 26.0 Å². The number of nitro benzene ring substituents is 1. The molecule has 1 aliphatic carbocycles. The van der Waals surface area contributed by atoms with Crippen LogP contribution in [0.2, 0.25) is 5.02 Å². The molecule has 1 atom stereocenters. The van der Waals surface area contributed by atoms with E-state index in [0.29, 0.717) is 40.8 Å². The first-order valence-electron chi connectivity index (χ1n) is 10.2. The molecule has 32 heavy (non-hydrogen) atoms. The van der Waals surface area contributed by atoms with Crippen molar-refractivity contribution in [3.63, 3.8) is 0 Å². The molecule has 8 nitrogen and oxygen atoms in total. The minimum atomic E-state index is -0.736. The second-order valence-corrected chi connectivity index (χ2v) is 9.32.